The van der Waals surface area contributed by atoms with Gasteiger partial charge in [-0.25, -0.2) is 4.39 Å². The van der Waals surface area contributed by atoms with Crippen LogP contribution in [0, 0.1) is 5.82 Å². The van der Waals surface area contributed by atoms with Crippen molar-refractivity contribution in [1.29, 1.82) is 0 Å². The van der Waals surface area contributed by atoms with Crippen molar-refractivity contribution in [3.05, 3.63) is 47.0 Å². The normalized spacial score (nSPS) is 22.5. The number of hydrogen-bond acceptors (Lipinski definition) is 6. The SMILES string of the molecule is CN1CC[C@H](c2cc3c(n4cnnc24)NCc2c(F)ccc4c2[C@@H](CO4)CO3)CC1=O. The van der Waals surface area contributed by atoms with Crippen LogP contribution in [0.2, 0.25) is 0 Å². The van der Waals surface area contributed by atoms with Crippen LogP contribution in [-0.2, 0) is 11.3 Å². The summed E-state index contributed by atoms with van der Waals surface area (Å²) >= 11 is 0. The maximum atomic E-state index is 14.7. The third-order valence-electron chi connectivity index (χ3n) is 6.65. The molecule has 0 saturated carbocycles. The molecule has 1 aromatic carbocycles. The standard InChI is InChI=1S/C22H22FN5O3/c1-27-5-4-12(6-19(27)29)14-7-18-22(28-11-25-26-21(14)28)24-8-15-16(23)2-3-17-20(15)13(9-30-17)10-31-18/h2-3,7,11-13,24H,4-6,8-10H2,1H3/t12-,13-/m0/s1. The van der Waals surface area contributed by atoms with E-state index < -0.39 is 0 Å². The van der Waals surface area contributed by atoms with Crippen molar-refractivity contribution < 1.29 is 18.7 Å². The Balaban J connectivity index is 1.45. The minimum Gasteiger partial charge on any atom is -0.493 e. The first kappa shape index (κ1) is 18.4. The lowest BCUT2D eigenvalue weighted by Gasteiger charge is -2.29. The molecular weight excluding hydrogens is 401 g/mol. The van der Waals surface area contributed by atoms with E-state index in [-0.39, 0.29) is 23.6 Å². The molecule has 3 aliphatic rings. The molecule has 31 heavy (non-hydrogen) atoms. The molecule has 1 N–H and O–H groups in total. The van der Waals surface area contributed by atoms with E-state index in [0.29, 0.717) is 55.5 Å². The molecule has 0 spiro atoms. The first-order valence-corrected chi connectivity index (χ1v) is 10.5. The highest BCUT2D eigenvalue weighted by Gasteiger charge is 2.33. The summed E-state index contributed by atoms with van der Waals surface area (Å²) in [5.41, 5.74) is 3.12. The predicted molar refractivity (Wildman–Crippen MR) is 110 cm³/mol. The Hall–Kier alpha value is -3.36. The highest BCUT2D eigenvalue weighted by molar-refractivity contribution is 5.78. The number of halogens is 1. The van der Waals surface area contributed by atoms with Gasteiger partial charge in [-0.1, -0.05) is 0 Å². The fourth-order valence-electron chi connectivity index (χ4n) is 4.92. The molecule has 9 heteroatoms. The molecule has 0 aliphatic carbocycles. The number of piperidine rings is 1. The molecule has 1 fully saturated rings. The molecule has 1 saturated heterocycles. The number of anilines is 1. The first-order valence-electron chi connectivity index (χ1n) is 10.5. The molecule has 6 rings (SSSR count). The first-order chi connectivity index (χ1) is 15.1. The average molecular weight is 423 g/mol. The van der Waals surface area contributed by atoms with Crippen LogP contribution in [0.3, 0.4) is 0 Å². The van der Waals surface area contributed by atoms with Crippen LogP contribution in [0.1, 0.15) is 41.4 Å². The third kappa shape index (κ3) is 2.83. The van der Waals surface area contributed by atoms with Crippen molar-refractivity contribution in [2.24, 2.45) is 0 Å². The van der Waals surface area contributed by atoms with E-state index in [0.717, 1.165) is 23.3 Å². The van der Waals surface area contributed by atoms with Crippen molar-refractivity contribution in [1.82, 2.24) is 19.5 Å². The number of pyridine rings is 1. The van der Waals surface area contributed by atoms with E-state index in [4.69, 9.17) is 9.47 Å². The van der Waals surface area contributed by atoms with E-state index in [1.165, 1.54) is 6.07 Å². The van der Waals surface area contributed by atoms with Crippen LogP contribution in [0.5, 0.6) is 11.5 Å². The Morgan fingerprint density at radius 1 is 1.19 bits per heavy atom. The quantitative estimate of drug-likeness (QED) is 0.648. The number of aromatic nitrogens is 3. The van der Waals surface area contributed by atoms with E-state index >= 15 is 0 Å². The van der Waals surface area contributed by atoms with Gasteiger partial charge in [-0.15, -0.1) is 10.2 Å². The van der Waals surface area contributed by atoms with Crippen molar-refractivity contribution in [3.8, 4) is 11.5 Å². The average Bonchev–Trinajstić information content (AvgIpc) is 3.41. The van der Waals surface area contributed by atoms with Gasteiger partial charge < -0.3 is 19.7 Å². The van der Waals surface area contributed by atoms with Gasteiger partial charge in [0.2, 0.25) is 5.91 Å². The number of nitrogens with one attached hydrogen (secondary N) is 1. The summed E-state index contributed by atoms with van der Waals surface area (Å²) in [7, 11) is 1.83. The fraction of sp³-hybridized carbons (Fsp3) is 0.409. The maximum Gasteiger partial charge on any atom is 0.222 e. The Morgan fingerprint density at radius 3 is 2.87 bits per heavy atom. The Morgan fingerprint density at radius 2 is 2.03 bits per heavy atom. The lowest BCUT2D eigenvalue weighted by Crippen LogP contribution is -2.35. The van der Waals surface area contributed by atoms with Crippen LogP contribution in [0.4, 0.5) is 10.2 Å². The van der Waals surface area contributed by atoms with Gasteiger partial charge in [-0.2, -0.15) is 0 Å². The van der Waals surface area contributed by atoms with Gasteiger partial charge in [0.1, 0.15) is 17.9 Å². The number of rotatable bonds is 1. The second-order valence-corrected chi connectivity index (χ2v) is 8.45. The number of fused-ring (bicyclic) bond motifs is 3. The van der Waals surface area contributed by atoms with E-state index in [2.05, 4.69) is 15.5 Å². The second-order valence-electron chi connectivity index (χ2n) is 8.45. The van der Waals surface area contributed by atoms with E-state index in [9.17, 15) is 9.18 Å². The third-order valence-corrected chi connectivity index (χ3v) is 6.65. The molecule has 0 unspecified atom stereocenters. The monoisotopic (exact) mass is 423 g/mol. The summed E-state index contributed by atoms with van der Waals surface area (Å²) in [6, 6.07) is 5.11. The van der Waals surface area contributed by atoms with E-state index in [1.807, 2.05) is 17.5 Å². The van der Waals surface area contributed by atoms with Gasteiger partial charge in [0.15, 0.2) is 17.2 Å². The maximum absolute atomic E-state index is 14.7. The van der Waals surface area contributed by atoms with Crippen LogP contribution in [0.25, 0.3) is 5.65 Å². The zero-order valence-electron chi connectivity index (χ0n) is 17.1. The van der Waals surface area contributed by atoms with Gasteiger partial charge in [-0.3, -0.25) is 9.20 Å². The summed E-state index contributed by atoms with van der Waals surface area (Å²) in [5, 5.41) is 11.8. The lowest BCUT2D eigenvalue weighted by atomic mass is 9.89. The lowest BCUT2D eigenvalue weighted by molar-refractivity contribution is -0.132. The Bertz CT molecular complexity index is 1210. The van der Waals surface area contributed by atoms with Crippen molar-refractivity contribution in [2.45, 2.75) is 31.2 Å². The molecule has 5 heterocycles. The number of hydrogen-bond donors (Lipinski definition) is 1. The molecule has 0 bridgehead atoms. The number of benzene rings is 1. The number of carbonyl (C=O) groups excluding carboxylic acids is 1. The van der Waals surface area contributed by atoms with Gasteiger partial charge >= 0.3 is 0 Å². The zero-order chi connectivity index (χ0) is 21.1. The molecule has 2 aromatic heterocycles. The summed E-state index contributed by atoms with van der Waals surface area (Å²) in [6.45, 7) is 1.84. The van der Waals surface area contributed by atoms with Crippen LogP contribution in [0.15, 0.2) is 24.5 Å². The molecule has 1 amide bonds. The van der Waals surface area contributed by atoms with Crippen LogP contribution >= 0.6 is 0 Å². The fourth-order valence-corrected chi connectivity index (χ4v) is 4.92. The second kappa shape index (κ2) is 6.83. The van der Waals surface area contributed by atoms with Gasteiger partial charge in [0.05, 0.1) is 19.1 Å². The Labute approximate surface area is 178 Å². The molecule has 8 nitrogen and oxygen atoms in total. The number of ether oxygens (including phenoxy) is 2. The number of likely N-dealkylation sites (tertiary alicyclic amines) is 1. The summed E-state index contributed by atoms with van der Waals surface area (Å²) in [5.74, 6) is 1.92. The number of nitrogens with zero attached hydrogens (tertiary/aromatic N) is 4. The summed E-state index contributed by atoms with van der Waals surface area (Å²) in [4.78, 5) is 14.1. The number of carbonyl (C=O) groups is 1. The molecule has 160 valence electrons. The molecule has 3 aromatic rings. The van der Waals surface area contributed by atoms with Crippen LogP contribution < -0.4 is 14.8 Å². The predicted octanol–water partition coefficient (Wildman–Crippen LogP) is 2.68. The highest BCUT2D eigenvalue weighted by Crippen LogP contribution is 2.42. The summed E-state index contributed by atoms with van der Waals surface area (Å²) in [6.07, 6.45) is 2.91. The number of amides is 1. The largest absolute Gasteiger partial charge is 0.493 e. The molecule has 0 radical (unpaired) electrons. The van der Waals surface area contributed by atoms with Crippen LogP contribution in [-0.4, -0.2) is 52.2 Å². The minimum atomic E-state index is -0.258. The van der Waals surface area contributed by atoms with Crippen molar-refractivity contribution in [3.63, 3.8) is 0 Å². The van der Waals surface area contributed by atoms with Crippen molar-refractivity contribution in [2.75, 3.05) is 32.1 Å². The topological polar surface area (TPSA) is 81.0 Å². The van der Waals surface area contributed by atoms with Gasteiger partial charge in [0, 0.05) is 43.2 Å². The Kier molecular flexibility index (Phi) is 4.06. The molecular formula is C22H22FN5O3. The highest BCUT2D eigenvalue weighted by atomic mass is 19.1. The molecule has 2 atom stereocenters. The van der Waals surface area contributed by atoms with Gasteiger partial charge in [0.25, 0.3) is 0 Å². The molecule has 3 aliphatic heterocycles. The van der Waals surface area contributed by atoms with E-state index in [1.54, 1.807) is 17.3 Å². The minimum absolute atomic E-state index is 0.0431. The smallest absolute Gasteiger partial charge is 0.222 e. The van der Waals surface area contributed by atoms with Crippen molar-refractivity contribution >= 4 is 17.4 Å². The van der Waals surface area contributed by atoms with Gasteiger partial charge in [-0.05, 0) is 30.5 Å². The summed E-state index contributed by atoms with van der Waals surface area (Å²) < 4.78 is 28.6. The zero-order valence-corrected chi connectivity index (χ0v) is 17.1.